The SMILES string of the molecule is CCc1ccc(C(=O)N(C#N)N(C(=O)c2cc(F)cc(F)c2)C(C)(C)C)cc1. The molecule has 0 bridgehead atoms. The van der Waals surface area contributed by atoms with Crippen LogP contribution in [0.4, 0.5) is 8.78 Å². The van der Waals surface area contributed by atoms with Crippen LogP contribution in [0.2, 0.25) is 0 Å². The maximum Gasteiger partial charge on any atom is 0.286 e. The zero-order valence-electron chi connectivity index (χ0n) is 16.2. The molecular formula is C21H21F2N3O2. The Balaban J connectivity index is 2.48. The number of nitriles is 1. The van der Waals surface area contributed by atoms with Crippen molar-refractivity contribution in [2.75, 3.05) is 0 Å². The van der Waals surface area contributed by atoms with Crippen molar-refractivity contribution >= 4 is 11.8 Å². The summed E-state index contributed by atoms with van der Waals surface area (Å²) in [6.45, 7) is 6.80. The summed E-state index contributed by atoms with van der Waals surface area (Å²) in [6, 6.07) is 9.01. The molecule has 0 aromatic heterocycles. The van der Waals surface area contributed by atoms with E-state index in [1.165, 1.54) is 0 Å². The van der Waals surface area contributed by atoms with E-state index in [4.69, 9.17) is 0 Å². The number of carbonyl (C=O) groups is 2. The number of rotatable bonds is 3. The van der Waals surface area contributed by atoms with Crippen molar-refractivity contribution in [3.8, 4) is 6.19 Å². The van der Waals surface area contributed by atoms with Gasteiger partial charge in [-0.1, -0.05) is 19.1 Å². The Bertz CT molecular complexity index is 908. The zero-order chi connectivity index (χ0) is 21.1. The number of nitrogens with zero attached hydrogens (tertiary/aromatic N) is 3. The fraction of sp³-hybridized carbons (Fsp3) is 0.286. The van der Waals surface area contributed by atoms with Crippen molar-refractivity contribution in [2.24, 2.45) is 0 Å². The average Bonchev–Trinajstić information content (AvgIpc) is 2.63. The van der Waals surface area contributed by atoms with Crippen molar-refractivity contribution in [1.82, 2.24) is 10.0 Å². The molecule has 0 radical (unpaired) electrons. The lowest BCUT2D eigenvalue weighted by Gasteiger charge is -2.39. The van der Waals surface area contributed by atoms with Gasteiger partial charge in [-0.2, -0.15) is 5.26 Å². The van der Waals surface area contributed by atoms with Gasteiger partial charge in [-0.05, 0) is 57.0 Å². The van der Waals surface area contributed by atoms with Gasteiger partial charge in [-0.25, -0.2) is 13.8 Å². The van der Waals surface area contributed by atoms with Gasteiger partial charge in [0.2, 0.25) is 6.19 Å². The topological polar surface area (TPSA) is 64.4 Å². The van der Waals surface area contributed by atoms with E-state index in [1.54, 1.807) is 51.2 Å². The first-order valence-corrected chi connectivity index (χ1v) is 8.72. The van der Waals surface area contributed by atoms with Gasteiger partial charge in [0.25, 0.3) is 11.8 Å². The third kappa shape index (κ3) is 4.52. The summed E-state index contributed by atoms with van der Waals surface area (Å²) in [5.74, 6) is -3.44. The van der Waals surface area contributed by atoms with Crippen molar-refractivity contribution in [2.45, 2.75) is 39.7 Å². The van der Waals surface area contributed by atoms with Gasteiger partial charge in [0.1, 0.15) is 11.6 Å². The van der Waals surface area contributed by atoms with Crippen LogP contribution in [0.3, 0.4) is 0 Å². The van der Waals surface area contributed by atoms with Gasteiger partial charge in [0.05, 0.1) is 5.54 Å². The van der Waals surface area contributed by atoms with E-state index in [9.17, 15) is 23.6 Å². The smallest absolute Gasteiger partial charge is 0.267 e. The summed E-state index contributed by atoms with van der Waals surface area (Å²) in [7, 11) is 0. The van der Waals surface area contributed by atoms with Gasteiger partial charge >= 0.3 is 0 Å². The van der Waals surface area contributed by atoms with E-state index in [0.717, 1.165) is 29.1 Å². The Morgan fingerprint density at radius 1 is 0.964 bits per heavy atom. The van der Waals surface area contributed by atoms with E-state index < -0.39 is 29.0 Å². The molecular weight excluding hydrogens is 364 g/mol. The van der Waals surface area contributed by atoms with Crippen LogP contribution in [0.15, 0.2) is 42.5 Å². The van der Waals surface area contributed by atoms with E-state index >= 15 is 0 Å². The van der Waals surface area contributed by atoms with Gasteiger partial charge < -0.3 is 0 Å². The molecule has 2 amide bonds. The van der Waals surface area contributed by atoms with Crippen LogP contribution >= 0.6 is 0 Å². The molecule has 5 nitrogen and oxygen atoms in total. The average molecular weight is 385 g/mol. The van der Waals surface area contributed by atoms with Crippen LogP contribution in [-0.4, -0.2) is 27.4 Å². The quantitative estimate of drug-likeness (QED) is 0.449. The highest BCUT2D eigenvalue weighted by molar-refractivity contribution is 6.00. The normalized spacial score (nSPS) is 10.9. The predicted octanol–water partition coefficient (Wildman–Crippen LogP) is 4.31. The number of hydrogen-bond donors (Lipinski definition) is 0. The van der Waals surface area contributed by atoms with Crippen molar-refractivity contribution in [3.05, 3.63) is 70.8 Å². The maximum absolute atomic E-state index is 13.6. The predicted molar refractivity (Wildman–Crippen MR) is 99.9 cm³/mol. The molecule has 2 aromatic carbocycles. The standard InChI is InChI=1S/C21H21F2N3O2/c1-5-14-6-8-15(9-7-14)19(27)25(13-24)26(21(2,3)4)20(28)16-10-17(22)12-18(23)11-16/h6-12H,5H2,1-4H3. The molecule has 0 fully saturated rings. The van der Waals surface area contributed by atoms with E-state index in [2.05, 4.69) is 0 Å². The fourth-order valence-corrected chi connectivity index (χ4v) is 2.68. The lowest BCUT2D eigenvalue weighted by atomic mass is 10.1. The van der Waals surface area contributed by atoms with Crippen LogP contribution < -0.4 is 0 Å². The first kappa shape index (κ1) is 21.0. The third-order valence-electron chi connectivity index (χ3n) is 4.03. The number of benzene rings is 2. The summed E-state index contributed by atoms with van der Waals surface area (Å²) in [6.07, 6.45) is 2.50. The van der Waals surface area contributed by atoms with Crippen LogP contribution in [-0.2, 0) is 6.42 Å². The van der Waals surface area contributed by atoms with Crippen LogP contribution in [0, 0.1) is 23.1 Å². The zero-order valence-corrected chi connectivity index (χ0v) is 16.2. The number of aryl methyl sites for hydroxylation is 1. The minimum atomic E-state index is -1.02. The van der Waals surface area contributed by atoms with Gasteiger partial charge in [0, 0.05) is 17.2 Å². The highest BCUT2D eigenvalue weighted by atomic mass is 19.1. The Hall–Kier alpha value is -3.27. The second-order valence-electron chi connectivity index (χ2n) is 7.21. The van der Waals surface area contributed by atoms with E-state index in [-0.39, 0.29) is 11.1 Å². The molecule has 146 valence electrons. The monoisotopic (exact) mass is 385 g/mol. The first-order valence-electron chi connectivity index (χ1n) is 8.72. The molecule has 0 heterocycles. The molecule has 28 heavy (non-hydrogen) atoms. The molecule has 0 unspecified atom stereocenters. The highest BCUT2D eigenvalue weighted by Gasteiger charge is 2.37. The number of amides is 2. The maximum atomic E-state index is 13.6. The van der Waals surface area contributed by atoms with Crippen LogP contribution in [0.1, 0.15) is 54.0 Å². The molecule has 2 aromatic rings. The molecule has 7 heteroatoms. The van der Waals surface area contributed by atoms with Crippen LogP contribution in [0.5, 0.6) is 0 Å². The Morgan fingerprint density at radius 2 is 1.50 bits per heavy atom. The fourth-order valence-electron chi connectivity index (χ4n) is 2.68. The Kier molecular flexibility index (Phi) is 6.14. The highest BCUT2D eigenvalue weighted by Crippen LogP contribution is 2.23. The van der Waals surface area contributed by atoms with Crippen molar-refractivity contribution < 1.29 is 18.4 Å². The minimum absolute atomic E-state index is 0.214. The number of hydrogen-bond acceptors (Lipinski definition) is 3. The lowest BCUT2D eigenvalue weighted by Crippen LogP contribution is -2.56. The van der Waals surface area contributed by atoms with E-state index in [0.29, 0.717) is 11.1 Å². The molecule has 0 saturated carbocycles. The summed E-state index contributed by atoms with van der Waals surface area (Å²) in [5, 5.41) is 11.1. The molecule has 0 aliphatic heterocycles. The molecule has 2 rings (SSSR count). The molecule has 0 aliphatic rings. The molecule has 0 aliphatic carbocycles. The molecule has 0 spiro atoms. The van der Waals surface area contributed by atoms with Crippen molar-refractivity contribution in [3.63, 3.8) is 0 Å². The Labute approximate surface area is 162 Å². The number of carbonyl (C=O) groups excluding carboxylic acids is 2. The molecule has 0 N–H and O–H groups in total. The van der Waals surface area contributed by atoms with Gasteiger partial charge in [0.15, 0.2) is 0 Å². The van der Waals surface area contributed by atoms with Crippen molar-refractivity contribution in [1.29, 1.82) is 5.26 Å². The summed E-state index contributed by atoms with van der Waals surface area (Å²) < 4.78 is 27.1. The second-order valence-corrected chi connectivity index (χ2v) is 7.21. The third-order valence-corrected chi connectivity index (χ3v) is 4.03. The number of halogens is 2. The summed E-state index contributed by atoms with van der Waals surface area (Å²) in [5.41, 5.74) is -0.0960. The molecule has 0 atom stereocenters. The largest absolute Gasteiger partial charge is 0.286 e. The first-order chi connectivity index (χ1) is 13.1. The number of hydrazine groups is 1. The Morgan fingerprint density at radius 3 is 1.93 bits per heavy atom. The summed E-state index contributed by atoms with van der Waals surface area (Å²) >= 11 is 0. The van der Waals surface area contributed by atoms with Crippen LogP contribution in [0.25, 0.3) is 0 Å². The van der Waals surface area contributed by atoms with Gasteiger partial charge in [-0.3, -0.25) is 9.59 Å². The minimum Gasteiger partial charge on any atom is -0.267 e. The lowest BCUT2D eigenvalue weighted by molar-refractivity contribution is -0.0167. The second kappa shape index (κ2) is 8.17. The van der Waals surface area contributed by atoms with E-state index in [1.807, 2.05) is 6.92 Å². The summed E-state index contributed by atoms with van der Waals surface area (Å²) in [4.78, 5) is 25.9. The van der Waals surface area contributed by atoms with Gasteiger partial charge in [-0.15, -0.1) is 5.01 Å². The molecule has 0 saturated heterocycles.